The number of hydrogen-bond donors (Lipinski definition) is 6. The average molecular weight is 488 g/mol. The molecular formula is C17H29N8O7P. The number of aliphatic imine (C=N–C) groups is 2. The number of guanidine groups is 1. The van der Waals surface area contributed by atoms with Gasteiger partial charge in [0.15, 0.2) is 5.96 Å². The Morgan fingerprint density at radius 1 is 1.39 bits per heavy atom. The maximum atomic E-state index is 12.3. The van der Waals surface area contributed by atoms with Crippen LogP contribution in [0.4, 0.5) is 5.82 Å². The van der Waals surface area contributed by atoms with Crippen molar-refractivity contribution in [2.24, 2.45) is 21.5 Å². The number of aromatic nitrogens is 2. The topological polar surface area (TPSA) is 213 Å². The number of hydrogen-bond acceptors (Lipinski definition) is 12. The largest absolute Gasteiger partial charge is 0.472 e. The predicted molar refractivity (Wildman–Crippen MR) is 116 cm³/mol. The molecule has 0 amide bonds. The third-order valence-electron chi connectivity index (χ3n) is 5.48. The summed E-state index contributed by atoms with van der Waals surface area (Å²) in [7, 11) is -4.37. The van der Waals surface area contributed by atoms with Gasteiger partial charge in [-0.2, -0.15) is 0 Å². The molecule has 0 radical (unpaired) electrons. The zero-order chi connectivity index (χ0) is 23.4. The van der Waals surface area contributed by atoms with E-state index in [4.69, 9.17) is 30.0 Å². The molecule has 2 saturated heterocycles. The molecule has 16 heteroatoms. The van der Waals surface area contributed by atoms with Crippen LogP contribution in [-0.2, 0) is 29.6 Å². The van der Waals surface area contributed by atoms with Gasteiger partial charge in [0.05, 0.1) is 51.3 Å². The minimum atomic E-state index is -4.37. The number of imidazole rings is 1. The fraction of sp³-hybridized carbons (Fsp3) is 0.706. The predicted octanol–water partition coefficient (Wildman–Crippen LogP) is -1.06. The van der Waals surface area contributed by atoms with Crippen LogP contribution in [0.3, 0.4) is 0 Å². The molecule has 0 saturated carbocycles. The minimum absolute atomic E-state index is 0.131. The first-order valence-electron chi connectivity index (χ1n) is 10.5. The molecule has 1 unspecified atom stereocenters. The van der Waals surface area contributed by atoms with Crippen molar-refractivity contribution in [2.75, 3.05) is 25.2 Å². The van der Waals surface area contributed by atoms with Crippen molar-refractivity contribution >= 4 is 25.9 Å². The Morgan fingerprint density at radius 2 is 2.21 bits per heavy atom. The second-order valence-electron chi connectivity index (χ2n) is 7.78. The molecule has 0 spiro atoms. The van der Waals surface area contributed by atoms with Crippen LogP contribution >= 0.6 is 7.82 Å². The second-order valence-corrected chi connectivity index (χ2v) is 9.24. The van der Waals surface area contributed by atoms with Crippen LogP contribution in [0.1, 0.15) is 31.2 Å². The fourth-order valence-electron chi connectivity index (χ4n) is 3.81. The molecule has 0 aliphatic carbocycles. The number of ether oxygens (including phenoxy) is 2. The lowest BCUT2D eigenvalue weighted by Crippen LogP contribution is -2.30. The first-order valence-corrected chi connectivity index (χ1v) is 12.0. The minimum Gasteiger partial charge on any atom is -0.390 e. The molecule has 3 aliphatic rings. The molecule has 1 aromatic heterocycles. The van der Waals surface area contributed by atoms with Crippen molar-refractivity contribution in [1.82, 2.24) is 14.9 Å². The molecule has 15 nitrogen and oxygen atoms in total. The van der Waals surface area contributed by atoms with Gasteiger partial charge in [0.1, 0.15) is 30.1 Å². The molecule has 4 heterocycles. The van der Waals surface area contributed by atoms with Crippen molar-refractivity contribution in [3.8, 4) is 0 Å². The van der Waals surface area contributed by atoms with Crippen LogP contribution in [0.2, 0.25) is 0 Å². The van der Waals surface area contributed by atoms with Gasteiger partial charge in [-0.3, -0.25) is 23.9 Å². The summed E-state index contributed by atoms with van der Waals surface area (Å²) in [5, 5.41) is 16.0. The summed E-state index contributed by atoms with van der Waals surface area (Å²) in [6, 6.07) is 0. The van der Waals surface area contributed by atoms with Gasteiger partial charge in [-0.15, -0.1) is 0 Å². The lowest BCUT2D eigenvalue weighted by Gasteiger charge is -2.21. The first kappa shape index (κ1) is 24.0. The van der Waals surface area contributed by atoms with E-state index in [2.05, 4.69) is 25.6 Å². The SMILES string of the molecule is NC=NCN[C@H]1C[C@@H](O)[C@@H](COP(=O)(O)OC[C@@H]2CC[C@H](n3cnc4c3NC(N)=NC4)O2)O1. The van der Waals surface area contributed by atoms with Crippen molar-refractivity contribution < 1.29 is 33.1 Å². The summed E-state index contributed by atoms with van der Waals surface area (Å²) in [4.78, 5) is 22.2. The summed E-state index contributed by atoms with van der Waals surface area (Å²) < 4.78 is 35.8. The number of phosphoric acid groups is 1. The van der Waals surface area contributed by atoms with Crippen LogP contribution < -0.4 is 22.1 Å². The molecule has 1 aromatic rings. The van der Waals surface area contributed by atoms with Crippen LogP contribution in [-0.4, -0.2) is 76.3 Å². The Balaban J connectivity index is 1.20. The van der Waals surface area contributed by atoms with Gasteiger partial charge in [0, 0.05) is 6.42 Å². The lowest BCUT2D eigenvalue weighted by atomic mass is 10.2. The van der Waals surface area contributed by atoms with E-state index in [1.165, 1.54) is 0 Å². The Kier molecular flexibility index (Phi) is 7.61. The number of fused-ring (bicyclic) bond motifs is 1. The number of nitrogens with zero attached hydrogens (tertiary/aromatic N) is 4. The molecular weight excluding hydrogens is 459 g/mol. The van der Waals surface area contributed by atoms with Gasteiger partial charge in [-0.1, -0.05) is 0 Å². The van der Waals surface area contributed by atoms with Gasteiger partial charge in [-0.25, -0.2) is 14.5 Å². The number of aliphatic hydroxyl groups excluding tert-OH is 1. The van der Waals surface area contributed by atoms with Gasteiger partial charge >= 0.3 is 7.82 Å². The van der Waals surface area contributed by atoms with Gasteiger partial charge in [0.25, 0.3) is 0 Å². The molecule has 184 valence electrons. The smallest absolute Gasteiger partial charge is 0.390 e. The van der Waals surface area contributed by atoms with E-state index < -0.39 is 32.4 Å². The normalized spacial score (nSPS) is 31.3. The molecule has 8 N–H and O–H groups in total. The quantitative estimate of drug-likeness (QED) is 0.132. The van der Waals surface area contributed by atoms with E-state index in [0.717, 1.165) is 17.9 Å². The standard InChI is InChI=1S/C17H29N8O7P/c18-7-20-8-22-14-3-12(26)13(32-14)6-30-33(27,28)29-5-10-1-2-15(31-10)25-9-23-11-4-21-17(19)24-16(11)25/h7,9-10,12-15,22,26H,1-6,8H2,(H2,18,20)(H,27,28)(H3,19,21,24)/t10-,12+,13+,14+,15+/m0/s1. The summed E-state index contributed by atoms with van der Waals surface area (Å²) in [6.45, 7) is 0.179. The Morgan fingerprint density at radius 3 is 3.03 bits per heavy atom. The lowest BCUT2D eigenvalue weighted by molar-refractivity contribution is -0.0405. The molecule has 3 aliphatic heterocycles. The number of nitrogens with two attached hydrogens (primary N) is 2. The number of nitrogens with one attached hydrogen (secondary N) is 2. The fourth-order valence-corrected chi connectivity index (χ4v) is 4.57. The Bertz CT molecular complexity index is 927. The maximum Gasteiger partial charge on any atom is 0.472 e. The van der Waals surface area contributed by atoms with Crippen molar-refractivity contribution in [3.05, 3.63) is 12.0 Å². The van der Waals surface area contributed by atoms with Crippen molar-refractivity contribution in [2.45, 2.75) is 56.6 Å². The molecule has 6 atom stereocenters. The highest BCUT2D eigenvalue weighted by Crippen LogP contribution is 2.45. The first-order chi connectivity index (χ1) is 15.8. The zero-order valence-electron chi connectivity index (χ0n) is 17.8. The summed E-state index contributed by atoms with van der Waals surface area (Å²) >= 11 is 0. The monoisotopic (exact) mass is 488 g/mol. The Labute approximate surface area is 189 Å². The zero-order valence-corrected chi connectivity index (χ0v) is 18.7. The number of phosphoric ester groups is 1. The van der Waals surface area contributed by atoms with Gasteiger partial charge in [0.2, 0.25) is 0 Å². The van der Waals surface area contributed by atoms with E-state index in [9.17, 15) is 14.6 Å². The third kappa shape index (κ3) is 6.07. The molecule has 4 rings (SSSR count). The van der Waals surface area contributed by atoms with Crippen LogP contribution in [0.15, 0.2) is 16.3 Å². The average Bonchev–Trinajstić information content (AvgIpc) is 3.49. The van der Waals surface area contributed by atoms with Crippen LogP contribution in [0, 0.1) is 0 Å². The highest BCUT2D eigenvalue weighted by Gasteiger charge is 2.37. The summed E-state index contributed by atoms with van der Waals surface area (Å²) in [6.07, 6.45) is 1.53. The molecule has 0 aromatic carbocycles. The number of aliphatic hydroxyl groups is 1. The number of rotatable bonds is 10. The van der Waals surface area contributed by atoms with Gasteiger partial charge in [-0.05, 0) is 12.8 Å². The second kappa shape index (κ2) is 10.4. The maximum absolute atomic E-state index is 12.3. The van der Waals surface area contributed by atoms with E-state index in [1.807, 2.05) is 4.57 Å². The van der Waals surface area contributed by atoms with E-state index in [1.54, 1.807) is 6.33 Å². The highest BCUT2D eigenvalue weighted by atomic mass is 31.2. The Hall–Kier alpha value is -2.10. The van der Waals surface area contributed by atoms with Crippen LogP contribution in [0.5, 0.6) is 0 Å². The third-order valence-corrected chi connectivity index (χ3v) is 6.43. The molecule has 2 fully saturated rings. The van der Waals surface area contributed by atoms with Gasteiger partial charge < -0.3 is 36.3 Å². The summed E-state index contributed by atoms with van der Waals surface area (Å²) in [5.74, 6) is 1.03. The van der Waals surface area contributed by atoms with E-state index in [-0.39, 0.29) is 32.5 Å². The number of anilines is 1. The van der Waals surface area contributed by atoms with Crippen LogP contribution in [0.25, 0.3) is 0 Å². The van der Waals surface area contributed by atoms with Crippen molar-refractivity contribution in [3.63, 3.8) is 0 Å². The molecule has 33 heavy (non-hydrogen) atoms. The molecule has 0 bridgehead atoms. The summed E-state index contributed by atoms with van der Waals surface area (Å²) in [5.41, 5.74) is 11.7. The van der Waals surface area contributed by atoms with E-state index in [0.29, 0.717) is 25.3 Å². The van der Waals surface area contributed by atoms with E-state index >= 15 is 0 Å². The highest BCUT2D eigenvalue weighted by molar-refractivity contribution is 7.47. The van der Waals surface area contributed by atoms with Crippen molar-refractivity contribution in [1.29, 1.82) is 0 Å².